The highest BCUT2D eigenvalue weighted by Gasteiger charge is 2.28. The van der Waals surface area contributed by atoms with Crippen LogP contribution in [0.25, 0.3) is 10.8 Å². The number of carbonyl (C=O) groups excluding carboxylic acids is 1. The summed E-state index contributed by atoms with van der Waals surface area (Å²) in [4.78, 5) is 16.8. The number of fused-ring (bicyclic) bond motifs is 1. The molecule has 0 spiro atoms. The van der Waals surface area contributed by atoms with Gasteiger partial charge in [-0.25, -0.2) is 8.42 Å². The summed E-state index contributed by atoms with van der Waals surface area (Å²) in [5.41, 5.74) is 0.463. The minimum atomic E-state index is -3.97. The Balaban J connectivity index is 1.90. The molecular formula is C21H23N3O5S. The van der Waals surface area contributed by atoms with Gasteiger partial charge in [-0.15, -0.1) is 0 Å². The molecule has 8 nitrogen and oxygen atoms in total. The van der Waals surface area contributed by atoms with Crippen LogP contribution in [0, 0.1) is 0 Å². The number of methoxy groups -OCH3 is 2. The van der Waals surface area contributed by atoms with Crippen molar-refractivity contribution in [3.05, 3.63) is 60.9 Å². The summed E-state index contributed by atoms with van der Waals surface area (Å²) in [6, 6.07) is 13.5. The van der Waals surface area contributed by atoms with Crippen LogP contribution >= 0.6 is 0 Å². The van der Waals surface area contributed by atoms with Crippen LogP contribution in [0.1, 0.15) is 0 Å². The van der Waals surface area contributed by atoms with Crippen LogP contribution in [0.5, 0.6) is 5.75 Å². The standard InChI is InChI=1S/C21H23N3O5S/c1-28-13-12-24(15-21(25)23-18-7-3-4-8-19(18)29-2)30(26,27)20-9-5-6-16-14-22-11-10-17(16)20/h3-11,14H,12-13,15H2,1-2H3,(H,23,25). The second-order valence-electron chi connectivity index (χ2n) is 6.43. The zero-order valence-electron chi connectivity index (χ0n) is 16.7. The number of nitrogens with zero attached hydrogens (tertiary/aromatic N) is 2. The topological polar surface area (TPSA) is 97.8 Å². The van der Waals surface area contributed by atoms with Crippen LogP contribution in [0.3, 0.4) is 0 Å². The number of aromatic nitrogens is 1. The minimum Gasteiger partial charge on any atom is -0.495 e. The third-order valence-electron chi connectivity index (χ3n) is 4.50. The summed E-state index contributed by atoms with van der Waals surface area (Å²) in [7, 11) is -0.998. The Morgan fingerprint density at radius 1 is 1.10 bits per heavy atom. The summed E-state index contributed by atoms with van der Waals surface area (Å²) in [5, 5.41) is 3.95. The molecule has 0 radical (unpaired) electrons. The molecule has 0 aliphatic carbocycles. The fraction of sp³-hybridized carbons (Fsp3) is 0.238. The molecule has 158 valence electrons. The van der Waals surface area contributed by atoms with Gasteiger partial charge in [-0.05, 0) is 24.3 Å². The van der Waals surface area contributed by atoms with Gasteiger partial charge in [-0.2, -0.15) is 4.31 Å². The molecule has 1 heterocycles. The maximum Gasteiger partial charge on any atom is 0.244 e. The van der Waals surface area contributed by atoms with Crippen molar-refractivity contribution in [1.29, 1.82) is 0 Å². The highest BCUT2D eigenvalue weighted by Crippen LogP contribution is 2.26. The van der Waals surface area contributed by atoms with Crippen molar-refractivity contribution in [1.82, 2.24) is 9.29 Å². The molecule has 0 bridgehead atoms. The predicted molar refractivity (Wildman–Crippen MR) is 114 cm³/mol. The molecule has 30 heavy (non-hydrogen) atoms. The van der Waals surface area contributed by atoms with Gasteiger partial charge >= 0.3 is 0 Å². The van der Waals surface area contributed by atoms with Gasteiger partial charge in [0, 0.05) is 36.8 Å². The third kappa shape index (κ3) is 4.76. The van der Waals surface area contributed by atoms with Gasteiger partial charge in [0.15, 0.2) is 0 Å². The number of hydrogen-bond donors (Lipinski definition) is 1. The quantitative estimate of drug-likeness (QED) is 0.561. The molecule has 9 heteroatoms. The van der Waals surface area contributed by atoms with Gasteiger partial charge in [-0.1, -0.05) is 24.3 Å². The van der Waals surface area contributed by atoms with Gasteiger partial charge in [0.1, 0.15) is 5.75 Å². The second kappa shape index (κ2) is 9.66. The lowest BCUT2D eigenvalue weighted by Crippen LogP contribution is -2.40. The maximum atomic E-state index is 13.4. The highest BCUT2D eigenvalue weighted by molar-refractivity contribution is 7.89. The molecule has 1 amide bonds. The fourth-order valence-corrected chi connectivity index (χ4v) is 4.63. The number of para-hydroxylation sites is 2. The average Bonchev–Trinajstić information content (AvgIpc) is 2.76. The van der Waals surface area contributed by atoms with E-state index in [1.54, 1.807) is 48.7 Å². The van der Waals surface area contributed by atoms with E-state index in [2.05, 4.69) is 10.3 Å². The van der Waals surface area contributed by atoms with E-state index in [0.29, 0.717) is 22.2 Å². The molecule has 3 rings (SSSR count). The van der Waals surface area contributed by atoms with Gasteiger partial charge < -0.3 is 14.8 Å². The Morgan fingerprint density at radius 2 is 1.90 bits per heavy atom. The molecule has 0 unspecified atom stereocenters. The molecule has 0 atom stereocenters. The van der Waals surface area contributed by atoms with E-state index in [1.165, 1.54) is 26.5 Å². The number of pyridine rings is 1. The molecule has 0 saturated carbocycles. The molecule has 1 N–H and O–H groups in total. The molecule has 1 aromatic heterocycles. The molecule has 2 aromatic carbocycles. The Morgan fingerprint density at radius 3 is 2.67 bits per heavy atom. The van der Waals surface area contributed by atoms with Gasteiger partial charge in [-0.3, -0.25) is 9.78 Å². The minimum absolute atomic E-state index is 0.0274. The number of hydrogen-bond acceptors (Lipinski definition) is 6. The molecular weight excluding hydrogens is 406 g/mol. The lowest BCUT2D eigenvalue weighted by molar-refractivity contribution is -0.116. The first-order valence-corrected chi connectivity index (χ1v) is 10.7. The van der Waals surface area contributed by atoms with Crippen LogP contribution in [0.2, 0.25) is 0 Å². The Kier molecular flexibility index (Phi) is 6.99. The van der Waals surface area contributed by atoms with Crippen molar-refractivity contribution in [3.63, 3.8) is 0 Å². The number of sulfonamides is 1. The largest absolute Gasteiger partial charge is 0.495 e. The van der Waals surface area contributed by atoms with E-state index in [-0.39, 0.29) is 24.6 Å². The van der Waals surface area contributed by atoms with Crippen LogP contribution in [0.15, 0.2) is 65.8 Å². The van der Waals surface area contributed by atoms with Crippen molar-refractivity contribution in [3.8, 4) is 5.75 Å². The smallest absolute Gasteiger partial charge is 0.244 e. The first-order chi connectivity index (χ1) is 14.5. The molecule has 0 saturated heterocycles. The van der Waals surface area contributed by atoms with E-state index >= 15 is 0 Å². The Bertz CT molecular complexity index is 1130. The monoisotopic (exact) mass is 429 g/mol. The zero-order valence-corrected chi connectivity index (χ0v) is 17.6. The van der Waals surface area contributed by atoms with Crippen molar-refractivity contribution in [2.45, 2.75) is 4.90 Å². The van der Waals surface area contributed by atoms with Crippen molar-refractivity contribution in [2.24, 2.45) is 0 Å². The summed E-state index contributed by atoms with van der Waals surface area (Å²) in [5.74, 6) is -0.000200. The van der Waals surface area contributed by atoms with Gasteiger partial charge in [0.2, 0.25) is 15.9 Å². The van der Waals surface area contributed by atoms with Gasteiger partial charge in [0.05, 0.1) is 30.8 Å². The summed E-state index contributed by atoms with van der Waals surface area (Å²) in [6.45, 7) is -0.196. The number of anilines is 1. The third-order valence-corrected chi connectivity index (χ3v) is 6.41. The summed E-state index contributed by atoms with van der Waals surface area (Å²) in [6.07, 6.45) is 3.14. The number of rotatable bonds is 9. The number of ether oxygens (including phenoxy) is 2. The second-order valence-corrected chi connectivity index (χ2v) is 8.34. The molecule has 0 fully saturated rings. The molecule has 3 aromatic rings. The fourth-order valence-electron chi connectivity index (χ4n) is 3.03. The lowest BCUT2D eigenvalue weighted by atomic mass is 10.2. The predicted octanol–water partition coefficient (Wildman–Crippen LogP) is 2.52. The van der Waals surface area contributed by atoms with Gasteiger partial charge in [0.25, 0.3) is 0 Å². The highest BCUT2D eigenvalue weighted by atomic mass is 32.2. The SMILES string of the molecule is COCCN(CC(=O)Nc1ccccc1OC)S(=O)(=O)c1cccc2cnccc12. The number of carbonyl (C=O) groups is 1. The van der Waals surface area contributed by atoms with E-state index < -0.39 is 15.9 Å². The van der Waals surface area contributed by atoms with Crippen LogP contribution in [-0.4, -0.2) is 57.5 Å². The maximum absolute atomic E-state index is 13.4. The van der Waals surface area contributed by atoms with Crippen molar-refractivity contribution < 1.29 is 22.7 Å². The van der Waals surface area contributed by atoms with Crippen LogP contribution in [0.4, 0.5) is 5.69 Å². The van der Waals surface area contributed by atoms with E-state index in [0.717, 1.165) is 4.31 Å². The number of benzene rings is 2. The zero-order chi connectivity index (χ0) is 21.6. The first-order valence-electron chi connectivity index (χ1n) is 9.22. The van der Waals surface area contributed by atoms with Crippen LogP contribution < -0.4 is 10.1 Å². The summed E-state index contributed by atoms with van der Waals surface area (Å²) < 4.78 is 38.2. The van der Waals surface area contributed by atoms with E-state index in [1.807, 2.05) is 0 Å². The normalized spacial score (nSPS) is 11.6. The molecule has 0 aliphatic heterocycles. The van der Waals surface area contributed by atoms with Crippen molar-refractivity contribution >= 4 is 32.4 Å². The number of nitrogens with one attached hydrogen (secondary N) is 1. The van der Waals surface area contributed by atoms with E-state index in [4.69, 9.17) is 9.47 Å². The lowest BCUT2D eigenvalue weighted by Gasteiger charge is -2.22. The average molecular weight is 429 g/mol. The Hall–Kier alpha value is -3.01. The number of amides is 1. The Labute approximate surface area is 175 Å². The van der Waals surface area contributed by atoms with E-state index in [9.17, 15) is 13.2 Å². The van der Waals surface area contributed by atoms with Crippen LogP contribution in [-0.2, 0) is 19.6 Å². The summed E-state index contributed by atoms with van der Waals surface area (Å²) >= 11 is 0. The first kappa shape index (κ1) is 21.7. The van der Waals surface area contributed by atoms with Crippen molar-refractivity contribution in [2.75, 3.05) is 39.2 Å². The molecule has 0 aliphatic rings.